The normalized spacial score (nSPS) is 12.4. The van der Waals surface area contributed by atoms with Crippen molar-refractivity contribution in [1.82, 2.24) is 15.1 Å². The number of hydrogen-bond acceptors (Lipinski definition) is 3. The standard InChI is InChI=1S/C14H26N4O/c1-4-7-12(5-2)17-14(19)13-10-16-18(11(13)3)9-6-8-15/h10,12H,4-9,15H2,1-3H3,(H,17,19). The summed E-state index contributed by atoms with van der Waals surface area (Å²) < 4.78 is 1.85. The Balaban J connectivity index is 2.68. The first-order chi connectivity index (χ1) is 9.13. The number of carbonyl (C=O) groups excluding carboxylic acids is 1. The molecule has 108 valence electrons. The van der Waals surface area contributed by atoms with Gasteiger partial charge in [-0.2, -0.15) is 5.10 Å². The molecule has 1 aromatic heterocycles. The SMILES string of the molecule is CCCC(CC)NC(=O)c1cnn(CCCN)c1C. The number of rotatable bonds is 8. The average Bonchev–Trinajstić information content (AvgIpc) is 2.77. The second kappa shape index (κ2) is 7.94. The van der Waals surface area contributed by atoms with Crippen molar-refractivity contribution < 1.29 is 4.79 Å². The molecular weight excluding hydrogens is 240 g/mol. The van der Waals surface area contributed by atoms with E-state index >= 15 is 0 Å². The quantitative estimate of drug-likeness (QED) is 0.754. The van der Waals surface area contributed by atoms with Crippen LogP contribution in [0.3, 0.4) is 0 Å². The van der Waals surface area contributed by atoms with Crippen LogP contribution in [0.4, 0.5) is 0 Å². The molecule has 1 aromatic rings. The molecule has 0 aliphatic rings. The summed E-state index contributed by atoms with van der Waals surface area (Å²) in [7, 11) is 0. The summed E-state index contributed by atoms with van der Waals surface area (Å²) in [5, 5.41) is 7.33. The van der Waals surface area contributed by atoms with Crippen molar-refractivity contribution in [3.05, 3.63) is 17.5 Å². The lowest BCUT2D eigenvalue weighted by atomic mass is 10.1. The minimum absolute atomic E-state index is 0.0169. The Kier molecular flexibility index (Phi) is 6.56. The lowest BCUT2D eigenvalue weighted by Crippen LogP contribution is -2.34. The van der Waals surface area contributed by atoms with Crippen LogP contribution in [0.15, 0.2) is 6.20 Å². The molecule has 0 aliphatic carbocycles. The van der Waals surface area contributed by atoms with Crippen molar-refractivity contribution in [2.75, 3.05) is 6.54 Å². The summed E-state index contributed by atoms with van der Waals surface area (Å²) in [4.78, 5) is 12.2. The highest BCUT2D eigenvalue weighted by molar-refractivity contribution is 5.95. The van der Waals surface area contributed by atoms with E-state index in [0.29, 0.717) is 12.1 Å². The Labute approximate surface area is 115 Å². The first kappa shape index (κ1) is 15.7. The molecule has 0 fully saturated rings. The number of aryl methyl sites for hydroxylation is 1. The Morgan fingerprint density at radius 3 is 2.84 bits per heavy atom. The molecule has 1 atom stereocenters. The Morgan fingerprint density at radius 2 is 2.26 bits per heavy atom. The van der Waals surface area contributed by atoms with Crippen LogP contribution in [0.2, 0.25) is 0 Å². The number of carbonyl (C=O) groups is 1. The number of nitrogens with one attached hydrogen (secondary N) is 1. The second-order valence-corrected chi connectivity index (χ2v) is 4.88. The molecular formula is C14H26N4O. The van der Waals surface area contributed by atoms with Gasteiger partial charge in [0.1, 0.15) is 0 Å². The van der Waals surface area contributed by atoms with Gasteiger partial charge in [0.2, 0.25) is 0 Å². The number of amides is 1. The summed E-state index contributed by atoms with van der Waals surface area (Å²) in [5.74, 6) is -0.0169. The van der Waals surface area contributed by atoms with Crippen LogP contribution >= 0.6 is 0 Å². The van der Waals surface area contributed by atoms with E-state index in [2.05, 4.69) is 24.3 Å². The van der Waals surface area contributed by atoms with E-state index in [1.165, 1.54) is 0 Å². The van der Waals surface area contributed by atoms with E-state index in [0.717, 1.165) is 37.9 Å². The van der Waals surface area contributed by atoms with E-state index < -0.39 is 0 Å². The molecule has 0 aliphatic heterocycles. The van der Waals surface area contributed by atoms with Gasteiger partial charge in [-0.05, 0) is 32.7 Å². The highest BCUT2D eigenvalue weighted by Gasteiger charge is 2.16. The Bertz CT molecular complexity index is 400. The average molecular weight is 266 g/mol. The fourth-order valence-electron chi connectivity index (χ4n) is 2.13. The number of hydrogen-bond donors (Lipinski definition) is 2. The van der Waals surface area contributed by atoms with Gasteiger partial charge in [-0.15, -0.1) is 0 Å². The maximum Gasteiger partial charge on any atom is 0.254 e. The summed E-state index contributed by atoms with van der Waals surface area (Å²) in [6.45, 7) is 7.55. The van der Waals surface area contributed by atoms with Crippen molar-refractivity contribution in [3.8, 4) is 0 Å². The minimum atomic E-state index is -0.0169. The van der Waals surface area contributed by atoms with Crippen LogP contribution in [0.5, 0.6) is 0 Å². The second-order valence-electron chi connectivity index (χ2n) is 4.88. The van der Waals surface area contributed by atoms with E-state index in [1.54, 1.807) is 6.20 Å². The molecule has 1 heterocycles. The highest BCUT2D eigenvalue weighted by Crippen LogP contribution is 2.09. The molecule has 5 heteroatoms. The smallest absolute Gasteiger partial charge is 0.254 e. The van der Waals surface area contributed by atoms with Gasteiger partial charge in [0.05, 0.1) is 11.8 Å². The maximum absolute atomic E-state index is 12.2. The van der Waals surface area contributed by atoms with E-state index in [1.807, 2.05) is 11.6 Å². The third-order valence-electron chi connectivity index (χ3n) is 3.39. The molecule has 19 heavy (non-hydrogen) atoms. The van der Waals surface area contributed by atoms with Gasteiger partial charge in [-0.25, -0.2) is 0 Å². The van der Waals surface area contributed by atoms with Crippen molar-refractivity contribution in [1.29, 1.82) is 0 Å². The van der Waals surface area contributed by atoms with Crippen molar-refractivity contribution in [2.45, 2.75) is 59.0 Å². The first-order valence-corrected chi connectivity index (χ1v) is 7.17. The fourth-order valence-corrected chi connectivity index (χ4v) is 2.13. The van der Waals surface area contributed by atoms with Gasteiger partial charge in [-0.1, -0.05) is 20.3 Å². The van der Waals surface area contributed by atoms with Gasteiger partial charge >= 0.3 is 0 Å². The lowest BCUT2D eigenvalue weighted by Gasteiger charge is -2.15. The summed E-state index contributed by atoms with van der Waals surface area (Å²) in [6.07, 6.45) is 5.58. The summed E-state index contributed by atoms with van der Waals surface area (Å²) in [5.41, 5.74) is 7.08. The molecule has 0 radical (unpaired) electrons. The number of nitrogens with two attached hydrogens (primary N) is 1. The fraction of sp³-hybridized carbons (Fsp3) is 0.714. The molecule has 0 bridgehead atoms. The zero-order chi connectivity index (χ0) is 14.3. The van der Waals surface area contributed by atoms with Crippen LogP contribution in [-0.2, 0) is 6.54 Å². The highest BCUT2D eigenvalue weighted by atomic mass is 16.1. The van der Waals surface area contributed by atoms with Crippen molar-refractivity contribution >= 4 is 5.91 Å². The minimum Gasteiger partial charge on any atom is -0.349 e. The molecule has 3 N–H and O–H groups in total. The molecule has 1 rings (SSSR count). The maximum atomic E-state index is 12.2. The van der Waals surface area contributed by atoms with Crippen LogP contribution < -0.4 is 11.1 Å². The van der Waals surface area contributed by atoms with Crippen LogP contribution in [0, 0.1) is 6.92 Å². The van der Waals surface area contributed by atoms with Gasteiger partial charge in [0, 0.05) is 18.3 Å². The van der Waals surface area contributed by atoms with Crippen LogP contribution in [0.1, 0.15) is 55.6 Å². The first-order valence-electron chi connectivity index (χ1n) is 7.17. The monoisotopic (exact) mass is 266 g/mol. The van der Waals surface area contributed by atoms with E-state index in [-0.39, 0.29) is 11.9 Å². The summed E-state index contributed by atoms with van der Waals surface area (Å²) in [6, 6.07) is 0.254. The predicted octanol–water partition coefficient (Wildman–Crippen LogP) is 1.85. The van der Waals surface area contributed by atoms with Crippen molar-refractivity contribution in [2.24, 2.45) is 5.73 Å². The Morgan fingerprint density at radius 1 is 1.53 bits per heavy atom. The molecule has 0 saturated carbocycles. The molecule has 5 nitrogen and oxygen atoms in total. The molecule has 1 unspecified atom stereocenters. The number of aromatic nitrogens is 2. The zero-order valence-electron chi connectivity index (χ0n) is 12.3. The topological polar surface area (TPSA) is 72.9 Å². The van der Waals surface area contributed by atoms with Gasteiger partial charge in [0.15, 0.2) is 0 Å². The molecule has 0 spiro atoms. The predicted molar refractivity (Wildman–Crippen MR) is 77.1 cm³/mol. The third-order valence-corrected chi connectivity index (χ3v) is 3.39. The number of nitrogens with zero attached hydrogens (tertiary/aromatic N) is 2. The lowest BCUT2D eigenvalue weighted by molar-refractivity contribution is 0.0933. The Hall–Kier alpha value is -1.36. The van der Waals surface area contributed by atoms with Crippen LogP contribution in [0.25, 0.3) is 0 Å². The molecule has 0 saturated heterocycles. The van der Waals surface area contributed by atoms with E-state index in [4.69, 9.17) is 5.73 Å². The molecule has 1 amide bonds. The van der Waals surface area contributed by atoms with Gasteiger partial charge < -0.3 is 11.1 Å². The van der Waals surface area contributed by atoms with Crippen LogP contribution in [-0.4, -0.2) is 28.3 Å². The third kappa shape index (κ3) is 4.35. The molecule has 0 aromatic carbocycles. The zero-order valence-corrected chi connectivity index (χ0v) is 12.3. The largest absolute Gasteiger partial charge is 0.349 e. The van der Waals surface area contributed by atoms with Gasteiger partial charge in [-0.3, -0.25) is 9.48 Å². The summed E-state index contributed by atoms with van der Waals surface area (Å²) >= 11 is 0. The van der Waals surface area contributed by atoms with Crippen molar-refractivity contribution in [3.63, 3.8) is 0 Å². The van der Waals surface area contributed by atoms with Gasteiger partial charge in [0.25, 0.3) is 5.91 Å². The van der Waals surface area contributed by atoms with E-state index in [9.17, 15) is 4.79 Å².